The van der Waals surface area contributed by atoms with E-state index in [0.29, 0.717) is 11.6 Å². The molecule has 0 spiro atoms. The third kappa shape index (κ3) is 3.83. The fraction of sp³-hybridized carbons (Fsp3) is 0.417. The lowest BCUT2D eigenvalue weighted by molar-refractivity contribution is -0.122. The number of nitrogens with one attached hydrogen (secondary N) is 2. The van der Waals surface area contributed by atoms with Crippen LogP contribution in [0.5, 0.6) is 0 Å². The predicted molar refractivity (Wildman–Crippen MR) is 66.8 cm³/mol. The minimum atomic E-state index is -0.171. The molecular formula is C12H17ClN2O. The van der Waals surface area contributed by atoms with Crippen molar-refractivity contribution >= 4 is 17.5 Å². The minimum Gasteiger partial charge on any atom is -0.354 e. The largest absolute Gasteiger partial charge is 0.354 e. The zero-order valence-electron chi connectivity index (χ0n) is 9.59. The topological polar surface area (TPSA) is 41.1 Å². The second-order valence-electron chi connectivity index (χ2n) is 3.67. The summed E-state index contributed by atoms with van der Waals surface area (Å²) in [5.74, 6) is -0.145. The lowest BCUT2D eigenvalue weighted by Gasteiger charge is -2.12. The standard InChI is InChI=1S/C12H17ClN2O/c1-9(12(16)15-7-6-14-2)10-4-3-5-11(13)8-10/h3-5,8-9,14H,6-7H2,1-2H3,(H,15,16). The van der Waals surface area contributed by atoms with Crippen LogP contribution in [0.15, 0.2) is 24.3 Å². The van der Waals surface area contributed by atoms with Gasteiger partial charge in [-0.25, -0.2) is 0 Å². The summed E-state index contributed by atoms with van der Waals surface area (Å²) in [6.45, 7) is 3.29. The van der Waals surface area contributed by atoms with E-state index in [1.807, 2.05) is 32.2 Å². The maximum atomic E-state index is 11.7. The second kappa shape index (κ2) is 6.51. The number of halogens is 1. The van der Waals surface area contributed by atoms with Crippen molar-refractivity contribution in [3.8, 4) is 0 Å². The minimum absolute atomic E-state index is 0.0255. The Bertz CT molecular complexity index is 355. The Morgan fingerprint density at radius 3 is 2.81 bits per heavy atom. The molecule has 0 bridgehead atoms. The first-order valence-electron chi connectivity index (χ1n) is 5.33. The third-order valence-corrected chi connectivity index (χ3v) is 2.65. The monoisotopic (exact) mass is 240 g/mol. The number of carbonyl (C=O) groups is 1. The molecule has 1 amide bonds. The summed E-state index contributed by atoms with van der Waals surface area (Å²) >= 11 is 5.88. The van der Waals surface area contributed by atoms with Gasteiger partial charge in [0.05, 0.1) is 5.92 Å². The highest BCUT2D eigenvalue weighted by molar-refractivity contribution is 6.30. The van der Waals surface area contributed by atoms with Gasteiger partial charge in [0.2, 0.25) is 5.91 Å². The molecular weight excluding hydrogens is 224 g/mol. The van der Waals surface area contributed by atoms with Gasteiger partial charge in [-0.3, -0.25) is 4.79 Å². The number of hydrogen-bond donors (Lipinski definition) is 2. The van der Waals surface area contributed by atoms with E-state index in [-0.39, 0.29) is 11.8 Å². The van der Waals surface area contributed by atoms with Crippen LogP contribution in [0.1, 0.15) is 18.4 Å². The van der Waals surface area contributed by atoms with E-state index in [1.165, 1.54) is 0 Å². The molecule has 0 aromatic heterocycles. The molecule has 0 aliphatic rings. The van der Waals surface area contributed by atoms with Gasteiger partial charge in [-0.2, -0.15) is 0 Å². The van der Waals surface area contributed by atoms with Crippen LogP contribution < -0.4 is 10.6 Å². The summed E-state index contributed by atoms with van der Waals surface area (Å²) in [6.07, 6.45) is 0. The number of benzene rings is 1. The Labute approximate surface area is 101 Å². The highest BCUT2D eigenvalue weighted by atomic mass is 35.5. The van der Waals surface area contributed by atoms with Gasteiger partial charge < -0.3 is 10.6 Å². The molecule has 1 unspecified atom stereocenters. The van der Waals surface area contributed by atoms with Crippen LogP contribution in [0.4, 0.5) is 0 Å². The van der Waals surface area contributed by atoms with Crippen molar-refractivity contribution < 1.29 is 4.79 Å². The molecule has 1 rings (SSSR count). The summed E-state index contributed by atoms with van der Waals surface area (Å²) in [5, 5.41) is 6.49. The summed E-state index contributed by atoms with van der Waals surface area (Å²) in [7, 11) is 1.85. The zero-order valence-corrected chi connectivity index (χ0v) is 10.3. The van der Waals surface area contributed by atoms with Gasteiger partial charge in [0.25, 0.3) is 0 Å². The van der Waals surface area contributed by atoms with Crippen molar-refractivity contribution in [3.05, 3.63) is 34.9 Å². The fourth-order valence-electron chi connectivity index (χ4n) is 1.39. The maximum Gasteiger partial charge on any atom is 0.227 e. The van der Waals surface area contributed by atoms with Gasteiger partial charge >= 0.3 is 0 Å². The molecule has 1 aromatic carbocycles. The second-order valence-corrected chi connectivity index (χ2v) is 4.11. The molecule has 0 aliphatic heterocycles. The van der Waals surface area contributed by atoms with Crippen LogP contribution in [0.25, 0.3) is 0 Å². The lowest BCUT2D eigenvalue weighted by atomic mass is 10.0. The van der Waals surface area contributed by atoms with Crippen molar-refractivity contribution in [2.75, 3.05) is 20.1 Å². The van der Waals surface area contributed by atoms with Gasteiger partial charge in [0.15, 0.2) is 0 Å². The Balaban J connectivity index is 2.56. The van der Waals surface area contributed by atoms with Crippen molar-refractivity contribution in [2.45, 2.75) is 12.8 Å². The van der Waals surface area contributed by atoms with Crippen molar-refractivity contribution in [3.63, 3.8) is 0 Å². The van der Waals surface area contributed by atoms with E-state index in [9.17, 15) is 4.79 Å². The van der Waals surface area contributed by atoms with E-state index in [0.717, 1.165) is 12.1 Å². The van der Waals surface area contributed by atoms with Crippen LogP contribution in [0.2, 0.25) is 5.02 Å². The van der Waals surface area contributed by atoms with Crippen molar-refractivity contribution in [1.82, 2.24) is 10.6 Å². The summed E-state index contributed by atoms with van der Waals surface area (Å²) < 4.78 is 0. The normalized spacial score (nSPS) is 12.2. The molecule has 1 aromatic rings. The molecule has 0 fully saturated rings. The Hall–Kier alpha value is -1.06. The number of amides is 1. The van der Waals surface area contributed by atoms with E-state index >= 15 is 0 Å². The maximum absolute atomic E-state index is 11.7. The molecule has 0 saturated carbocycles. The van der Waals surface area contributed by atoms with E-state index < -0.39 is 0 Å². The molecule has 4 heteroatoms. The summed E-state index contributed by atoms with van der Waals surface area (Å²) in [4.78, 5) is 11.7. The van der Waals surface area contributed by atoms with Gasteiger partial charge in [-0.15, -0.1) is 0 Å². The number of hydrogen-bond acceptors (Lipinski definition) is 2. The first kappa shape index (κ1) is 13.0. The highest BCUT2D eigenvalue weighted by Gasteiger charge is 2.14. The molecule has 0 saturated heterocycles. The predicted octanol–water partition coefficient (Wildman–Crippen LogP) is 1.78. The quantitative estimate of drug-likeness (QED) is 0.771. The third-order valence-electron chi connectivity index (χ3n) is 2.42. The molecule has 88 valence electrons. The smallest absolute Gasteiger partial charge is 0.227 e. The number of carbonyl (C=O) groups excluding carboxylic acids is 1. The van der Waals surface area contributed by atoms with E-state index in [2.05, 4.69) is 10.6 Å². The highest BCUT2D eigenvalue weighted by Crippen LogP contribution is 2.19. The van der Waals surface area contributed by atoms with E-state index in [4.69, 9.17) is 11.6 Å². The molecule has 0 aliphatic carbocycles. The molecule has 0 radical (unpaired) electrons. The number of rotatable bonds is 5. The fourth-order valence-corrected chi connectivity index (χ4v) is 1.59. The van der Waals surface area contributed by atoms with Crippen LogP contribution in [0.3, 0.4) is 0 Å². The van der Waals surface area contributed by atoms with Crippen molar-refractivity contribution in [2.24, 2.45) is 0 Å². The van der Waals surface area contributed by atoms with Crippen LogP contribution in [-0.4, -0.2) is 26.0 Å². The Morgan fingerprint density at radius 2 is 2.19 bits per heavy atom. The van der Waals surface area contributed by atoms with Crippen LogP contribution in [-0.2, 0) is 4.79 Å². The van der Waals surface area contributed by atoms with Crippen LogP contribution in [0, 0.1) is 0 Å². The van der Waals surface area contributed by atoms with Crippen LogP contribution >= 0.6 is 11.6 Å². The summed E-state index contributed by atoms with van der Waals surface area (Å²) in [5.41, 5.74) is 0.939. The Kier molecular flexibility index (Phi) is 5.29. The zero-order chi connectivity index (χ0) is 12.0. The summed E-state index contributed by atoms with van der Waals surface area (Å²) in [6, 6.07) is 7.39. The SMILES string of the molecule is CNCCNC(=O)C(C)c1cccc(Cl)c1. The van der Waals surface area contributed by atoms with Crippen molar-refractivity contribution in [1.29, 1.82) is 0 Å². The Morgan fingerprint density at radius 1 is 1.44 bits per heavy atom. The van der Waals surface area contributed by atoms with E-state index in [1.54, 1.807) is 6.07 Å². The van der Waals surface area contributed by atoms with Gasteiger partial charge in [-0.05, 0) is 31.7 Å². The lowest BCUT2D eigenvalue weighted by Crippen LogP contribution is -2.33. The molecule has 0 heterocycles. The molecule has 3 nitrogen and oxygen atoms in total. The van der Waals surface area contributed by atoms with Gasteiger partial charge in [0.1, 0.15) is 0 Å². The molecule has 16 heavy (non-hydrogen) atoms. The van der Waals surface area contributed by atoms with Gasteiger partial charge in [-0.1, -0.05) is 23.7 Å². The van der Waals surface area contributed by atoms with Gasteiger partial charge in [0, 0.05) is 18.1 Å². The number of likely N-dealkylation sites (N-methyl/N-ethyl adjacent to an activating group) is 1. The molecule has 2 N–H and O–H groups in total. The first-order valence-corrected chi connectivity index (χ1v) is 5.70. The average molecular weight is 241 g/mol. The first-order chi connectivity index (χ1) is 7.65. The molecule has 1 atom stereocenters. The average Bonchev–Trinajstić information content (AvgIpc) is 2.28.